The second kappa shape index (κ2) is 8.19. The molecule has 0 bridgehead atoms. The normalized spacial score (nSPS) is 10.8. The zero-order chi connectivity index (χ0) is 20.2. The molecule has 0 unspecified atom stereocenters. The predicted molar refractivity (Wildman–Crippen MR) is 111 cm³/mol. The molecule has 4 rings (SSSR count). The number of amides is 1. The number of carbonyl (C=O) groups is 1. The summed E-state index contributed by atoms with van der Waals surface area (Å²) in [5.41, 5.74) is 2.94. The molecule has 0 spiro atoms. The van der Waals surface area contributed by atoms with Crippen molar-refractivity contribution in [3.05, 3.63) is 77.0 Å². The Kier molecular flexibility index (Phi) is 5.30. The van der Waals surface area contributed by atoms with Crippen molar-refractivity contribution in [3.8, 4) is 17.2 Å². The molecule has 0 aliphatic heterocycles. The van der Waals surface area contributed by atoms with Crippen molar-refractivity contribution in [1.29, 1.82) is 0 Å². The van der Waals surface area contributed by atoms with Gasteiger partial charge in [0.1, 0.15) is 6.54 Å². The molecular formula is C20H19N7OS. The maximum absolute atomic E-state index is 12.5. The van der Waals surface area contributed by atoms with Crippen molar-refractivity contribution in [2.75, 3.05) is 0 Å². The minimum Gasteiger partial charge on any atom is -0.350 e. The molecule has 146 valence electrons. The molecule has 0 saturated carbocycles. The van der Waals surface area contributed by atoms with E-state index in [1.54, 1.807) is 21.6 Å². The van der Waals surface area contributed by atoms with Crippen LogP contribution < -0.4 is 5.32 Å². The number of aryl methyl sites for hydroxylation is 1. The Morgan fingerprint density at radius 2 is 2.10 bits per heavy atom. The lowest BCUT2D eigenvalue weighted by molar-refractivity contribution is -0.121. The van der Waals surface area contributed by atoms with Crippen LogP contribution >= 0.6 is 12.2 Å². The van der Waals surface area contributed by atoms with Gasteiger partial charge in [0.05, 0.1) is 0 Å². The van der Waals surface area contributed by atoms with Crippen LogP contribution in [0.15, 0.2) is 61.1 Å². The molecular weight excluding hydrogens is 386 g/mol. The van der Waals surface area contributed by atoms with E-state index in [1.165, 1.54) is 0 Å². The Labute approximate surface area is 172 Å². The van der Waals surface area contributed by atoms with Gasteiger partial charge in [-0.3, -0.25) is 14.5 Å². The van der Waals surface area contributed by atoms with Gasteiger partial charge < -0.3 is 5.32 Å². The summed E-state index contributed by atoms with van der Waals surface area (Å²) in [6.45, 7) is 2.46. The molecule has 9 heteroatoms. The third kappa shape index (κ3) is 4.30. The number of carbonyl (C=O) groups excluding carboxylic acids is 1. The molecule has 3 aromatic heterocycles. The first kappa shape index (κ1) is 18.8. The van der Waals surface area contributed by atoms with Gasteiger partial charge >= 0.3 is 0 Å². The van der Waals surface area contributed by atoms with Crippen LogP contribution in [0.1, 0.15) is 11.1 Å². The fraction of sp³-hybridized carbons (Fsp3) is 0.150. The van der Waals surface area contributed by atoms with Crippen LogP contribution in [0.25, 0.3) is 17.2 Å². The number of benzene rings is 1. The molecule has 0 aliphatic carbocycles. The van der Waals surface area contributed by atoms with Gasteiger partial charge in [-0.15, -0.1) is 0 Å². The summed E-state index contributed by atoms with van der Waals surface area (Å²) in [5, 5.41) is 14.2. The number of nitrogens with zero attached hydrogens (tertiary/aromatic N) is 5. The average Bonchev–Trinajstić information content (AvgIpc) is 3.38. The first-order valence-electron chi connectivity index (χ1n) is 9.04. The van der Waals surface area contributed by atoms with Gasteiger partial charge in [-0.1, -0.05) is 23.8 Å². The smallest absolute Gasteiger partial charge is 0.240 e. The molecule has 1 amide bonds. The molecule has 2 N–H and O–H groups in total. The van der Waals surface area contributed by atoms with Crippen LogP contribution in [0.2, 0.25) is 0 Å². The molecule has 29 heavy (non-hydrogen) atoms. The fourth-order valence-electron chi connectivity index (χ4n) is 2.97. The Balaban J connectivity index is 1.46. The van der Waals surface area contributed by atoms with E-state index in [0.717, 1.165) is 16.7 Å². The summed E-state index contributed by atoms with van der Waals surface area (Å²) < 4.78 is 3.77. The average molecular weight is 405 g/mol. The summed E-state index contributed by atoms with van der Waals surface area (Å²) in [4.78, 5) is 16.8. The number of hydrogen-bond acceptors (Lipinski definition) is 5. The number of H-pyrrole nitrogens is 1. The van der Waals surface area contributed by atoms with Crippen LogP contribution in [0.5, 0.6) is 0 Å². The summed E-state index contributed by atoms with van der Waals surface area (Å²) in [5.74, 6) is 1.17. The minimum atomic E-state index is -0.158. The van der Waals surface area contributed by atoms with E-state index in [4.69, 9.17) is 12.2 Å². The zero-order valence-corrected chi connectivity index (χ0v) is 16.6. The number of pyridine rings is 1. The fourth-order valence-corrected chi connectivity index (χ4v) is 3.17. The van der Waals surface area contributed by atoms with E-state index in [9.17, 15) is 4.79 Å². The number of rotatable bonds is 6. The predicted octanol–water partition coefficient (Wildman–Crippen LogP) is 2.81. The zero-order valence-electron chi connectivity index (χ0n) is 15.7. The SMILES string of the molecule is Cc1cccc(-c2n[nH]c(=S)n2CC(=O)NCc2ccnc(-n3cccn3)c2)c1. The van der Waals surface area contributed by atoms with Crippen LogP contribution in [0, 0.1) is 11.7 Å². The second-order valence-corrected chi connectivity index (χ2v) is 6.94. The lowest BCUT2D eigenvalue weighted by Gasteiger charge is -2.09. The van der Waals surface area contributed by atoms with Gasteiger partial charge in [0.25, 0.3) is 0 Å². The van der Waals surface area contributed by atoms with Gasteiger partial charge in [0, 0.05) is 30.7 Å². The first-order chi connectivity index (χ1) is 14.1. The standard InChI is InChI=1S/C20H19N7OS/c1-14-4-2-5-16(10-14)19-24-25-20(29)26(19)13-18(28)22-12-15-6-8-21-17(11-15)27-9-3-7-23-27/h2-11H,12-13H2,1H3,(H,22,28)(H,25,29). The van der Waals surface area contributed by atoms with E-state index < -0.39 is 0 Å². The van der Waals surface area contributed by atoms with E-state index in [1.807, 2.05) is 55.6 Å². The quantitative estimate of drug-likeness (QED) is 0.481. The van der Waals surface area contributed by atoms with E-state index in [0.29, 0.717) is 23.0 Å². The van der Waals surface area contributed by atoms with E-state index in [2.05, 4.69) is 25.6 Å². The van der Waals surface area contributed by atoms with Gasteiger partial charge in [-0.25, -0.2) is 9.67 Å². The first-order valence-corrected chi connectivity index (χ1v) is 9.45. The van der Waals surface area contributed by atoms with Gasteiger partial charge in [0.2, 0.25) is 5.91 Å². The van der Waals surface area contributed by atoms with Crippen molar-refractivity contribution < 1.29 is 4.79 Å². The second-order valence-electron chi connectivity index (χ2n) is 6.56. The Bertz CT molecular complexity index is 1190. The maximum Gasteiger partial charge on any atom is 0.240 e. The lowest BCUT2D eigenvalue weighted by atomic mass is 10.1. The van der Waals surface area contributed by atoms with E-state index >= 15 is 0 Å². The van der Waals surface area contributed by atoms with Gasteiger partial charge in [0.15, 0.2) is 16.4 Å². The summed E-state index contributed by atoms with van der Waals surface area (Å²) in [6, 6.07) is 13.5. The Morgan fingerprint density at radius 1 is 1.21 bits per heavy atom. The van der Waals surface area contributed by atoms with Crippen molar-refractivity contribution in [2.24, 2.45) is 0 Å². The molecule has 0 saturated heterocycles. The highest BCUT2D eigenvalue weighted by Crippen LogP contribution is 2.18. The van der Waals surface area contributed by atoms with Crippen molar-refractivity contribution in [2.45, 2.75) is 20.0 Å². The number of aromatic amines is 1. The topological polar surface area (TPSA) is 93.4 Å². The highest BCUT2D eigenvalue weighted by Gasteiger charge is 2.12. The summed E-state index contributed by atoms with van der Waals surface area (Å²) >= 11 is 5.31. The molecule has 0 fully saturated rings. The molecule has 1 aromatic carbocycles. The molecule has 3 heterocycles. The number of aromatic nitrogens is 6. The molecule has 0 aliphatic rings. The van der Waals surface area contributed by atoms with E-state index in [-0.39, 0.29) is 12.5 Å². The van der Waals surface area contributed by atoms with Crippen LogP contribution in [0.4, 0.5) is 0 Å². The molecule has 8 nitrogen and oxygen atoms in total. The van der Waals surface area contributed by atoms with Crippen molar-refractivity contribution in [3.63, 3.8) is 0 Å². The van der Waals surface area contributed by atoms with Gasteiger partial charge in [-0.2, -0.15) is 10.2 Å². The maximum atomic E-state index is 12.5. The highest BCUT2D eigenvalue weighted by molar-refractivity contribution is 7.71. The van der Waals surface area contributed by atoms with Crippen LogP contribution in [-0.2, 0) is 17.9 Å². The molecule has 4 aromatic rings. The Hall–Kier alpha value is -3.59. The summed E-state index contributed by atoms with van der Waals surface area (Å²) in [6.07, 6.45) is 5.20. The third-order valence-corrected chi connectivity index (χ3v) is 4.69. The minimum absolute atomic E-state index is 0.0791. The van der Waals surface area contributed by atoms with Crippen LogP contribution in [-0.4, -0.2) is 35.4 Å². The largest absolute Gasteiger partial charge is 0.350 e. The molecule has 0 atom stereocenters. The van der Waals surface area contributed by atoms with Crippen molar-refractivity contribution >= 4 is 18.1 Å². The molecule has 0 radical (unpaired) electrons. The monoisotopic (exact) mass is 405 g/mol. The number of nitrogens with one attached hydrogen (secondary N) is 2. The van der Waals surface area contributed by atoms with Crippen LogP contribution in [0.3, 0.4) is 0 Å². The Morgan fingerprint density at radius 3 is 2.90 bits per heavy atom. The summed E-state index contributed by atoms with van der Waals surface area (Å²) in [7, 11) is 0. The third-order valence-electron chi connectivity index (χ3n) is 4.37. The number of hydrogen-bond donors (Lipinski definition) is 2. The highest BCUT2D eigenvalue weighted by atomic mass is 32.1. The van der Waals surface area contributed by atoms with Crippen molar-refractivity contribution in [1.82, 2.24) is 34.8 Å². The lowest BCUT2D eigenvalue weighted by Crippen LogP contribution is -2.27. The van der Waals surface area contributed by atoms with Gasteiger partial charge in [-0.05, 0) is 49.0 Å².